The summed E-state index contributed by atoms with van der Waals surface area (Å²) in [5, 5.41) is 0. The van der Waals surface area contributed by atoms with Gasteiger partial charge in [-0.1, -0.05) is 0 Å². The quantitative estimate of drug-likeness (QED) is 0.428. The van der Waals surface area contributed by atoms with Gasteiger partial charge in [0.25, 0.3) is 0 Å². The van der Waals surface area contributed by atoms with E-state index in [4.69, 9.17) is 0 Å². The van der Waals surface area contributed by atoms with E-state index in [9.17, 15) is 0 Å². The van der Waals surface area contributed by atoms with Gasteiger partial charge in [0.05, 0.1) is 19.3 Å². The van der Waals surface area contributed by atoms with E-state index >= 15 is 0 Å². The minimum absolute atomic E-state index is 0.819. The van der Waals surface area contributed by atoms with Crippen LogP contribution in [0.1, 0.15) is 13.3 Å². The maximum Gasteiger partial charge on any atom is 0.0922 e. The highest BCUT2D eigenvalue weighted by Crippen LogP contribution is 1.90. The highest BCUT2D eigenvalue weighted by molar-refractivity contribution is 4.80. The molecule has 1 heterocycles. The normalized spacial score (nSPS) is 39.7. The molecule has 1 heteroatoms. The standard InChI is InChI=1S/C6H11N/c1-6-4-3-5-7(6)2/h3,5-6H,4H2,1-2H3/p+1. The van der Waals surface area contributed by atoms with Gasteiger partial charge in [0.15, 0.2) is 0 Å². The molecule has 0 fully saturated rings. The second-order valence-corrected chi connectivity index (χ2v) is 2.28. The molecule has 0 aliphatic carbocycles. The number of nitrogens with one attached hydrogen (secondary N) is 1. The molecule has 1 rings (SSSR count). The van der Waals surface area contributed by atoms with Gasteiger partial charge in [0, 0.05) is 6.42 Å². The Morgan fingerprint density at radius 2 is 2.43 bits per heavy atom. The van der Waals surface area contributed by atoms with Gasteiger partial charge >= 0.3 is 0 Å². The summed E-state index contributed by atoms with van der Waals surface area (Å²) in [6.45, 7) is 2.26. The molecule has 0 aromatic carbocycles. The second-order valence-electron chi connectivity index (χ2n) is 2.28. The molecular weight excluding hydrogens is 86.1 g/mol. The Morgan fingerprint density at radius 3 is 2.57 bits per heavy atom. The zero-order chi connectivity index (χ0) is 5.28. The van der Waals surface area contributed by atoms with E-state index in [2.05, 4.69) is 26.2 Å². The largest absolute Gasteiger partial charge is 0.309 e. The molecule has 0 saturated heterocycles. The summed E-state index contributed by atoms with van der Waals surface area (Å²) in [5.41, 5.74) is 0. The van der Waals surface area contributed by atoms with E-state index in [1.54, 1.807) is 0 Å². The molecule has 7 heavy (non-hydrogen) atoms. The Balaban J connectivity index is 2.45. The third kappa shape index (κ3) is 0.829. The van der Waals surface area contributed by atoms with Gasteiger partial charge in [-0.3, -0.25) is 0 Å². The van der Waals surface area contributed by atoms with Crippen LogP contribution in [0.3, 0.4) is 0 Å². The smallest absolute Gasteiger partial charge is 0.0922 e. The molecule has 0 aromatic rings. The molecule has 0 amide bonds. The maximum atomic E-state index is 2.26. The molecule has 1 nitrogen and oxygen atoms in total. The molecule has 1 aliphatic rings. The molecule has 2 unspecified atom stereocenters. The Labute approximate surface area is 44.6 Å². The van der Waals surface area contributed by atoms with Crippen molar-refractivity contribution >= 4 is 0 Å². The fourth-order valence-corrected chi connectivity index (χ4v) is 0.808. The summed E-state index contributed by atoms with van der Waals surface area (Å²) < 4.78 is 0. The van der Waals surface area contributed by atoms with E-state index in [1.165, 1.54) is 11.3 Å². The van der Waals surface area contributed by atoms with Crippen LogP contribution in [0.15, 0.2) is 12.3 Å². The first kappa shape index (κ1) is 4.85. The molecule has 0 radical (unpaired) electrons. The minimum Gasteiger partial charge on any atom is -0.309 e. The number of quaternary nitrogens is 1. The summed E-state index contributed by atoms with van der Waals surface area (Å²) in [6, 6.07) is 0.819. The third-order valence-corrected chi connectivity index (χ3v) is 1.65. The average Bonchev–Trinajstić information content (AvgIpc) is 1.91. The molecule has 1 aliphatic heterocycles. The zero-order valence-corrected chi connectivity index (χ0v) is 4.94. The van der Waals surface area contributed by atoms with Gasteiger partial charge in [-0.15, -0.1) is 0 Å². The Morgan fingerprint density at radius 1 is 1.71 bits per heavy atom. The van der Waals surface area contributed by atoms with Crippen LogP contribution < -0.4 is 4.90 Å². The fraction of sp³-hybridized carbons (Fsp3) is 0.667. The topological polar surface area (TPSA) is 4.44 Å². The molecule has 0 bridgehead atoms. The highest BCUT2D eigenvalue weighted by atomic mass is 15.1. The number of hydrogen-bond donors (Lipinski definition) is 1. The van der Waals surface area contributed by atoms with Crippen molar-refractivity contribution in [3.63, 3.8) is 0 Å². The van der Waals surface area contributed by atoms with Crippen molar-refractivity contribution in [1.29, 1.82) is 0 Å². The van der Waals surface area contributed by atoms with Crippen molar-refractivity contribution in [2.45, 2.75) is 19.4 Å². The Kier molecular flexibility index (Phi) is 1.15. The van der Waals surface area contributed by atoms with Crippen molar-refractivity contribution in [3.8, 4) is 0 Å². The fourth-order valence-electron chi connectivity index (χ4n) is 0.808. The summed E-state index contributed by atoms with van der Waals surface area (Å²) in [4.78, 5) is 1.53. The van der Waals surface area contributed by atoms with Crippen LogP contribution in [0.5, 0.6) is 0 Å². The molecule has 2 atom stereocenters. The van der Waals surface area contributed by atoms with E-state index in [-0.39, 0.29) is 0 Å². The monoisotopic (exact) mass is 98.1 g/mol. The van der Waals surface area contributed by atoms with E-state index in [1.807, 2.05) is 0 Å². The molecule has 0 aromatic heterocycles. The van der Waals surface area contributed by atoms with Crippen molar-refractivity contribution in [2.75, 3.05) is 7.05 Å². The van der Waals surface area contributed by atoms with Crippen molar-refractivity contribution in [2.24, 2.45) is 0 Å². The molecular formula is C6H12N+. The number of hydrogen-bond acceptors (Lipinski definition) is 0. The Hall–Kier alpha value is -0.300. The van der Waals surface area contributed by atoms with Crippen LogP contribution in [0.25, 0.3) is 0 Å². The third-order valence-electron chi connectivity index (χ3n) is 1.65. The van der Waals surface area contributed by atoms with Gasteiger partial charge < -0.3 is 4.90 Å². The molecule has 0 saturated carbocycles. The van der Waals surface area contributed by atoms with E-state index in [0.29, 0.717) is 0 Å². The van der Waals surface area contributed by atoms with Gasteiger partial charge in [0.1, 0.15) is 0 Å². The van der Waals surface area contributed by atoms with Crippen LogP contribution in [0.4, 0.5) is 0 Å². The van der Waals surface area contributed by atoms with E-state index in [0.717, 1.165) is 6.04 Å². The van der Waals surface area contributed by atoms with Crippen molar-refractivity contribution in [3.05, 3.63) is 12.3 Å². The van der Waals surface area contributed by atoms with Crippen LogP contribution >= 0.6 is 0 Å². The van der Waals surface area contributed by atoms with Crippen LogP contribution in [0, 0.1) is 0 Å². The van der Waals surface area contributed by atoms with Gasteiger partial charge in [-0.2, -0.15) is 0 Å². The van der Waals surface area contributed by atoms with Crippen LogP contribution in [0.2, 0.25) is 0 Å². The predicted octanol–water partition coefficient (Wildman–Crippen LogP) is -0.193. The second kappa shape index (κ2) is 1.66. The lowest BCUT2D eigenvalue weighted by molar-refractivity contribution is -0.844. The first-order valence-electron chi connectivity index (χ1n) is 2.80. The summed E-state index contributed by atoms with van der Waals surface area (Å²) in [6.07, 6.45) is 5.70. The summed E-state index contributed by atoms with van der Waals surface area (Å²) >= 11 is 0. The lowest BCUT2D eigenvalue weighted by Crippen LogP contribution is -3.06. The lowest BCUT2D eigenvalue weighted by Gasteiger charge is -2.07. The zero-order valence-electron chi connectivity index (χ0n) is 4.94. The van der Waals surface area contributed by atoms with Gasteiger partial charge in [-0.25, -0.2) is 0 Å². The molecule has 1 N–H and O–H groups in total. The van der Waals surface area contributed by atoms with E-state index < -0.39 is 0 Å². The molecule has 40 valence electrons. The van der Waals surface area contributed by atoms with Gasteiger partial charge in [0.2, 0.25) is 0 Å². The first-order valence-corrected chi connectivity index (χ1v) is 2.80. The SMILES string of the molecule is CC1CC=C[NH+]1C. The summed E-state index contributed by atoms with van der Waals surface area (Å²) in [5.74, 6) is 0. The van der Waals surface area contributed by atoms with Crippen LogP contribution in [-0.2, 0) is 0 Å². The predicted molar refractivity (Wildman–Crippen MR) is 30.1 cm³/mol. The highest BCUT2D eigenvalue weighted by Gasteiger charge is 2.12. The van der Waals surface area contributed by atoms with Crippen LogP contribution in [-0.4, -0.2) is 13.1 Å². The minimum atomic E-state index is 0.819. The van der Waals surface area contributed by atoms with Crippen molar-refractivity contribution < 1.29 is 4.90 Å². The van der Waals surface area contributed by atoms with Crippen molar-refractivity contribution in [1.82, 2.24) is 0 Å². The van der Waals surface area contributed by atoms with Gasteiger partial charge in [-0.05, 0) is 13.0 Å². The Bertz CT molecular complexity index is 86.2. The maximum absolute atomic E-state index is 2.26. The number of rotatable bonds is 0. The lowest BCUT2D eigenvalue weighted by atomic mass is 10.3. The molecule has 0 spiro atoms. The summed E-state index contributed by atoms with van der Waals surface area (Å²) in [7, 11) is 2.19. The average molecular weight is 98.2 g/mol. The first-order chi connectivity index (χ1) is 3.30.